The van der Waals surface area contributed by atoms with Gasteiger partial charge in [-0.25, -0.2) is 9.97 Å². The molecule has 172 valence electrons. The molecule has 1 aromatic carbocycles. The Morgan fingerprint density at radius 3 is 2.70 bits per heavy atom. The number of nitrogen functional groups attached to an aromatic ring is 1. The number of hydrogen-bond acceptors (Lipinski definition) is 6. The van der Waals surface area contributed by atoms with E-state index < -0.39 is 0 Å². The number of aromatic nitrogens is 2. The number of anilines is 1. The summed E-state index contributed by atoms with van der Waals surface area (Å²) in [4.78, 5) is 12.8. The van der Waals surface area contributed by atoms with Gasteiger partial charge < -0.3 is 15.4 Å². The molecule has 1 aliphatic rings. The van der Waals surface area contributed by atoms with Gasteiger partial charge >= 0.3 is 0 Å². The van der Waals surface area contributed by atoms with Crippen LogP contribution in [0.1, 0.15) is 55.5 Å². The summed E-state index contributed by atoms with van der Waals surface area (Å²) in [5.74, 6) is 8.08. The van der Waals surface area contributed by atoms with Crippen molar-refractivity contribution in [2.75, 3.05) is 25.9 Å². The first-order valence-electron chi connectivity index (χ1n) is 11.4. The van der Waals surface area contributed by atoms with Crippen LogP contribution >= 0.6 is 11.3 Å². The Morgan fingerprint density at radius 1 is 1.15 bits per heavy atom. The second-order valence-corrected chi connectivity index (χ2v) is 10.8. The second-order valence-electron chi connectivity index (χ2n) is 9.74. The van der Waals surface area contributed by atoms with Crippen molar-refractivity contribution in [3.8, 4) is 28.2 Å². The minimum absolute atomic E-state index is 0.0317. The van der Waals surface area contributed by atoms with Gasteiger partial charge in [0.15, 0.2) is 11.6 Å². The molecule has 0 saturated carbocycles. The molecule has 6 heteroatoms. The first kappa shape index (κ1) is 23.3. The maximum absolute atomic E-state index is 6.11. The van der Waals surface area contributed by atoms with Crippen LogP contribution in [0.3, 0.4) is 0 Å². The molecule has 1 saturated heterocycles. The van der Waals surface area contributed by atoms with Crippen molar-refractivity contribution in [2.45, 2.75) is 46.1 Å². The standard InChI is InChI=1S/C27H32N4OS/c1-27(2,3)11-8-19-6-5-7-20(14-19)18-32-23-15-22(16-29-25(23)28)26-30-17-24(33-26)21-9-12-31(4)13-10-21/h5-7,14-17,21H,9-10,12-13,18H2,1-4H3,(H2,28,29). The Bertz CT molecular complexity index is 1160. The van der Waals surface area contributed by atoms with Crippen LogP contribution in [0.5, 0.6) is 5.75 Å². The number of nitrogens with two attached hydrogens (primary N) is 1. The molecule has 1 aliphatic heterocycles. The number of piperidine rings is 1. The fourth-order valence-corrected chi connectivity index (χ4v) is 4.82. The largest absolute Gasteiger partial charge is 0.485 e. The van der Waals surface area contributed by atoms with Gasteiger partial charge in [0, 0.05) is 33.8 Å². The monoisotopic (exact) mass is 460 g/mol. The van der Waals surface area contributed by atoms with E-state index in [1.807, 2.05) is 30.5 Å². The molecule has 1 fully saturated rings. The predicted molar refractivity (Wildman–Crippen MR) is 136 cm³/mol. The predicted octanol–water partition coefficient (Wildman–Crippen LogP) is 5.57. The number of likely N-dealkylation sites (tertiary alicyclic amines) is 1. The highest BCUT2D eigenvalue weighted by Gasteiger charge is 2.21. The third kappa shape index (κ3) is 6.34. The quantitative estimate of drug-likeness (QED) is 0.504. The number of hydrogen-bond donors (Lipinski definition) is 1. The highest BCUT2D eigenvalue weighted by atomic mass is 32.1. The molecule has 33 heavy (non-hydrogen) atoms. The van der Waals surface area contributed by atoms with Crippen molar-refractivity contribution in [1.82, 2.24) is 14.9 Å². The van der Waals surface area contributed by atoms with Gasteiger partial charge in [0.2, 0.25) is 0 Å². The molecule has 0 unspecified atom stereocenters. The zero-order valence-corrected chi connectivity index (χ0v) is 20.7. The van der Waals surface area contributed by atoms with Crippen molar-refractivity contribution < 1.29 is 4.74 Å². The highest BCUT2D eigenvalue weighted by Crippen LogP contribution is 2.36. The van der Waals surface area contributed by atoms with E-state index >= 15 is 0 Å². The topological polar surface area (TPSA) is 64.3 Å². The van der Waals surface area contributed by atoms with Gasteiger partial charge in [0.25, 0.3) is 0 Å². The lowest BCUT2D eigenvalue weighted by molar-refractivity contribution is 0.257. The third-order valence-electron chi connectivity index (χ3n) is 5.68. The normalized spacial score (nSPS) is 15.2. The number of pyridine rings is 1. The number of thiazole rings is 1. The van der Waals surface area contributed by atoms with Crippen molar-refractivity contribution in [2.24, 2.45) is 5.41 Å². The summed E-state index contributed by atoms with van der Waals surface area (Å²) < 4.78 is 6.06. The number of rotatable bonds is 5. The Labute approximate surface area is 201 Å². The summed E-state index contributed by atoms with van der Waals surface area (Å²) in [5, 5.41) is 0.959. The SMILES string of the molecule is CN1CCC(c2cnc(-c3cnc(N)c(OCc4cccc(C#CC(C)(C)C)c4)c3)s2)CC1. The van der Waals surface area contributed by atoms with E-state index in [2.05, 4.69) is 60.6 Å². The van der Waals surface area contributed by atoms with Gasteiger partial charge in [-0.3, -0.25) is 0 Å². The Morgan fingerprint density at radius 2 is 1.94 bits per heavy atom. The smallest absolute Gasteiger partial charge is 0.166 e. The summed E-state index contributed by atoms with van der Waals surface area (Å²) >= 11 is 1.75. The number of benzene rings is 1. The van der Waals surface area contributed by atoms with E-state index in [1.165, 1.54) is 17.7 Å². The zero-order chi connectivity index (χ0) is 23.4. The van der Waals surface area contributed by atoms with Gasteiger partial charge in [-0.05, 0) is 83.4 Å². The fourth-order valence-electron chi connectivity index (χ4n) is 3.75. The highest BCUT2D eigenvalue weighted by molar-refractivity contribution is 7.15. The van der Waals surface area contributed by atoms with Crippen LogP contribution in [0, 0.1) is 17.3 Å². The molecular weight excluding hydrogens is 428 g/mol. The second kappa shape index (κ2) is 9.94. The van der Waals surface area contributed by atoms with E-state index in [1.54, 1.807) is 17.5 Å². The summed E-state index contributed by atoms with van der Waals surface area (Å²) in [7, 11) is 2.19. The van der Waals surface area contributed by atoms with Crippen LogP contribution in [-0.2, 0) is 6.61 Å². The number of nitrogens with zero attached hydrogens (tertiary/aromatic N) is 3. The maximum Gasteiger partial charge on any atom is 0.166 e. The molecular formula is C27H32N4OS. The first-order valence-corrected chi connectivity index (χ1v) is 12.2. The molecule has 3 heterocycles. The molecule has 5 nitrogen and oxygen atoms in total. The summed E-state index contributed by atoms with van der Waals surface area (Å²) in [5.41, 5.74) is 9.04. The van der Waals surface area contributed by atoms with E-state index in [-0.39, 0.29) is 5.41 Å². The molecule has 4 rings (SSSR count). The van der Waals surface area contributed by atoms with Crippen molar-refractivity contribution in [3.05, 3.63) is 58.7 Å². The molecule has 0 atom stereocenters. The molecule has 3 aromatic rings. The van der Waals surface area contributed by atoms with Crippen molar-refractivity contribution >= 4 is 17.2 Å². The molecule has 0 radical (unpaired) electrons. The van der Waals surface area contributed by atoms with Crippen LogP contribution in [0.2, 0.25) is 0 Å². The first-order chi connectivity index (χ1) is 15.8. The molecule has 2 N–H and O–H groups in total. The molecule has 0 spiro atoms. The Balaban J connectivity index is 1.46. The fraction of sp³-hybridized carbons (Fsp3) is 0.407. The minimum Gasteiger partial charge on any atom is -0.485 e. The van der Waals surface area contributed by atoms with Gasteiger partial charge in [-0.15, -0.1) is 11.3 Å². The molecule has 0 bridgehead atoms. The van der Waals surface area contributed by atoms with Gasteiger partial charge in [-0.1, -0.05) is 24.0 Å². The van der Waals surface area contributed by atoms with E-state index in [0.717, 1.165) is 34.8 Å². The average molecular weight is 461 g/mol. The summed E-state index contributed by atoms with van der Waals surface area (Å²) in [6.45, 7) is 9.00. The summed E-state index contributed by atoms with van der Waals surface area (Å²) in [6.07, 6.45) is 6.18. The van der Waals surface area contributed by atoms with E-state index in [9.17, 15) is 0 Å². The number of ether oxygens (including phenoxy) is 1. The van der Waals surface area contributed by atoms with Gasteiger partial charge in [-0.2, -0.15) is 0 Å². The lowest BCUT2D eigenvalue weighted by Crippen LogP contribution is -2.28. The van der Waals surface area contributed by atoms with Crippen LogP contribution in [0.15, 0.2) is 42.7 Å². The lowest BCUT2D eigenvalue weighted by Gasteiger charge is -2.27. The molecule has 2 aromatic heterocycles. The van der Waals surface area contributed by atoms with Crippen LogP contribution in [0.4, 0.5) is 5.82 Å². The maximum atomic E-state index is 6.11. The lowest BCUT2D eigenvalue weighted by atomic mass is 9.96. The van der Waals surface area contributed by atoms with Crippen molar-refractivity contribution in [1.29, 1.82) is 0 Å². The Kier molecular flexibility index (Phi) is 7.02. The Hall–Kier alpha value is -2.88. The van der Waals surface area contributed by atoms with Crippen LogP contribution in [-0.4, -0.2) is 35.0 Å². The molecule has 0 aliphatic carbocycles. The van der Waals surface area contributed by atoms with E-state index in [4.69, 9.17) is 10.5 Å². The average Bonchev–Trinajstić information content (AvgIpc) is 3.28. The zero-order valence-electron chi connectivity index (χ0n) is 19.9. The molecule has 0 amide bonds. The third-order valence-corrected chi connectivity index (χ3v) is 6.89. The summed E-state index contributed by atoms with van der Waals surface area (Å²) in [6, 6.07) is 10.1. The van der Waals surface area contributed by atoms with E-state index in [0.29, 0.717) is 24.1 Å². The van der Waals surface area contributed by atoms with Crippen LogP contribution in [0.25, 0.3) is 10.6 Å². The minimum atomic E-state index is -0.0317. The van der Waals surface area contributed by atoms with Crippen molar-refractivity contribution in [3.63, 3.8) is 0 Å². The van der Waals surface area contributed by atoms with Gasteiger partial charge in [0.05, 0.1) is 0 Å². The van der Waals surface area contributed by atoms with Gasteiger partial charge in [0.1, 0.15) is 11.6 Å². The van der Waals surface area contributed by atoms with Crippen LogP contribution < -0.4 is 10.5 Å².